The molecule has 0 fully saturated rings. The summed E-state index contributed by atoms with van der Waals surface area (Å²) in [5.41, 5.74) is 9.17. The Labute approximate surface area is 201 Å². The van der Waals surface area contributed by atoms with E-state index in [1.54, 1.807) is 0 Å². The smallest absolute Gasteiger partial charge is 0.0627 e. The van der Waals surface area contributed by atoms with Gasteiger partial charge in [0.25, 0.3) is 0 Å². The average Bonchev–Trinajstić information content (AvgIpc) is 3.56. The fraction of sp³-hybridized carbons (Fsp3) is 0. The fourth-order valence-corrected chi connectivity index (χ4v) is 6.63. The van der Waals surface area contributed by atoms with E-state index in [4.69, 9.17) is 0 Å². The zero-order valence-corrected chi connectivity index (χ0v) is 18.9. The molecule has 3 aromatic heterocycles. The highest BCUT2D eigenvalue weighted by atomic mass is 14.9. The minimum atomic E-state index is 1.25. The molecule has 0 spiro atoms. The number of benzene rings is 6. The summed E-state index contributed by atoms with van der Waals surface area (Å²) in [5, 5.41) is 10.8. The van der Waals surface area contributed by atoms with Crippen LogP contribution in [0.2, 0.25) is 0 Å². The first-order valence-corrected chi connectivity index (χ1v) is 12.2. The number of para-hydroxylation sites is 1. The van der Waals surface area contributed by atoms with E-state index in [0.29, 0.717) is 0 Å². The van der Waals surface area contributed by atoms with E-state index in [1.165, 1.54) is 81.9 Å². The van der Waals surface area contributed by atoms with Gasteiger partial charge < -0.3 is 4.40 Å². The predicted octanol–water partition coefficient (Wildman–Crippen LogP) is 9.35. The van der Waals surface area contributed by atoms with Crippen molar-refractivity contribution in [1.29, 1.82) is 0 Å². The van der Waals surface area contributed by atoms with Gasteiger partial charge >= 0.3 is 0 Å². The summed E-state index contributed by atoms with van der Waals surface area (Å²) in [6, 6.07) is 42.5. The molecule has 0 saturated carbocycles. The molecule has 0 unspecified atom stereocenters. The molecule has 9 aromatic rings. The minimum Gasteiger partial charge on any atom is -0.307 e. The molecule has 0 N–H and O–H groups in total. The monoisotopic (exact) mass is 441 g/mol. The Bertz CT molecular complexity index is 2200. The standard InChI is InChI=1S/C34H19N/c1-2-9-20(10-3-1)23-12-6-7-13-24(23)22-18-28-26-15-8-16-27-29-17-21-11-4-5-14-25(21)31-30(19-22)33(28)35(32(26)27)34(29)31/h1-19H. The highest BCUT2D eigenvalue weighted by Crippen LogP contribution is 2.50. The molecule has 0 atom stereocenters. The molecule has 0 aliphatic heterocycles. The number of rotatable bonds is 2. The van der Waals surface area contributed by atoms with Crippen molar-refractivity contribution in [1.82, 2.24) is 4.40 Å². The lowest BCUT2D eigenvalue weighted by Gasteiger charge is -2.11. The van der Waals surface area contributed by atoms with Crippen LogP contribution in [0.1, 0.15) is 0 Å². The summed E-state index contributed by atoms with van der Waals surface area (Å²) < 4.78 is 2.54. The van der Waals surface area contributed by atoms with Crippen molar-refractivity contribution in [2.45, 2.75) is 0 Å². The van der Waals surface area contributed by atoms with Crippen LogP contribution < -0.4 is 0 Å². The van der Waals surface area contributed by atoms with Gasteiger partial charge in [-0.25, -0.2) is 0 Å². The summed E-state index contributed by atoms with van der Waals surface area (Å²) in [6.45, 7) is 0. The van der Waals surface area contributed by atoms with Crippen LogP contribution in [0, 0.1) is 0 Å². The normalized spacial score (nSPS) is 12.6. The first-order chi connectivity index (χ1) is 17.4. The van der Waals surface area contributed by atoms with Crippen LogP contribution in [0.25, 0.3) is 81.9 Å². The van der Waals surface area contributed by atoms with E-state index >= 15 is 0 Å². The van der Waals surface area contributed by atoms with E-state index in [-0.39, 0.29) is 0 Å². The zero-order chi connectivity index (χ0) is 22.7. The molecule has 0 radical (unpaired) electrons. The molecular formula is C34H19N. The number of nitrogens with zero attached hydrogens (tertiary/aromatic N) is 1. The molecule has 6 aromatic carbocycles. The largest absolute Gasteiger partial charge is 0.307 e. The Hall–Kier alpha value is -4.62. The molecule has 0 saturated heterocycles. The maximum Gasteiger partial charge on any atom is 0.0627 e. The number of hydrogen-bond acceptors (Lipinski definition) is 0. The lowest BCUT2D eigenvalue weighted by atomic mass is 9.92. The molecular weight excluding hydrogens is 422 g/mol. The third-order valence-corrected chi connectivity index (χ3v) is 8.01. The molecule has 1 nitrogen and oxygen atoms in total. The van der Waals surface area contributed by atoms with E-state index in [1.807, 2.05) is 0 Å². The molecule has 35 heavy (non-hydrogen) atoms. The summed E-state index contributed by atoms with van der Waals surface area (Å²) in [6.07, 6.45) is 0. The first kappa shape index (κ1) is 17.8. The Balaban J connectivity index is 1.52. The first-order valence-electron chi connectivity index (χ1n) is 12.2. The van der Waals surface area contributed by atoms with Gasteiger partial charge in [0.15, 0.2) is 0 Å². The van der Waals surface area contributed by atoms with E-state index in [0.717, 1.165) is 0 Å². The summed E-state index contributed by atoms with van der Waals surface area (Å²) in [4.78, 5) is 0. The van der Waals surface area contributed by atoms with Crippen molar-refractivity contribution in [3.63, 3.8) is 0 Å². The SMILES string of the molecule is c1ccc(-c2ccccc2-c2cc3c4cccc5c6cc7ccccc7c7c(c2)c3n(c45)c67)cc1. The van der Waals surface area contributed by atoms with Crippen LogP contribution in [0.3, 0.4) is 0 Å². The summed E-state index contributed by atoms with van der Waals surface area (Å²) >= 11 is 0. The molecule has 160 valence electrons. The molecule has 0 aliphatic carbocycles. The second kappa shape index (κ2) is 6.08. The molecule has 1 heteroatoms. The van der Waals surface area contributed by atoms with Crippen molar-refractivity contribution in [2.24, 2.45) is 0 Å². The Morgan fingerprint density at radius 2 is 0.971 bits per heavy atom. The van der Waals surface area contributed by atoms with Crippen LogP contribution in [0.4, 0.5) is 0 Å². The lowest BCUT2D eigenvalue weighted by Crippen LogP contribution is -1.85. The average molecular weight is 442 g/mol. The van der Waals surface area contributed by atoms with Crippen LogP contribution in [0.15, 0.2) is 115 Å². The van der Waals surface area contributed by atoms with E-state index < -0.39 is 0 Å². The predicted molar refractivity (Wildman–Crippen MR) is 149 cm³/mol. The van der Waals surface area contributed by atoms with Gasteiger partial charge in [0.2, 0.25) is 0 Å². The number of hydrogen-bond donors (Lipinski definition) is 0. The molecule has 0 amide bonds. The van der Waals surface area contributed by atoms with Crippen LogP contribution in [-0.2, 0) is 0 Å². The van der Waals surface area contributed by atoms with E-state index in [2.05, 4.69) is 120 Å². The Morgan fingerprint density at radius 3 is 1.80 bits per heavy atom. The van der Waals surface area contributed by atoms with Gasteiger partial charge in [0.05, 0.1) is 16.6 Å². The second-order valence-electron chi connectivity index (χ2n) is 9.74. The second-order valence-corrected chi connectivity index (χ2v) is 9.74. The molecule has 0 aliphatic rings. The third-order valence-electron chi connectivity index (χ3n) is 8.01. The van der Waals surface area contributed by atoms with Gasteiger partial charge in [-0.05, 0) is 51.2 Å². The summed E-state index contributed by atoms with van der Waals surface area (Å²) in [7, 11) is 0. The van der Waals surface area contributed by atoms with Crippen molar-refractivity contribution in [3.8, 4) is 22.3 Å². The molecule has 0 bridgehead atoms. The van der Waals surface area contributed by atoms with Crippen LogP contribution in [-0.4, -0.2) is 4.40 Å². The Kier molecular flexibility index (Phi) is 3.09. The lowest BCUT2D eigenvalue weighted by molar-refractivity contribution is 1.41. The van der Waals surface area contributed by atoms with Gasteiger partial charge in [-0.3, -0.25) is 0 Å². The van der Waals surface area contributed by atoms with Crippen molar-refractivity contribution in [3.05, 3.63) is 115 Å². The third kappa shape index (κ3) is 2.06. The highest BCUT2D eigenvalue weighted by Gasteiger charge is 2.26. The topological polar surface area (TPSA) is 4.41 Å². The van der Waals surface area contributed by atoms with Gasteiger partial charge in [-0.1, -0.05) is 97.1 Å². The minimum absolute atomic E-state index is 1.25. The van der Waals surface area contributed by atoms with Crippen LogP contribution >= 0.6 is 0 Å². The molecule has 3 heterocycles. The van der Waals surface area contributed by atoms with Gasteiger partial charge in [-0.15, -0.1) is 0 Å². The van der Waals surface area contributed by atoms with Crippen molar-refractivity contribution >= 4 is 59.6 Å². The van der Waals surface area contributed by atoms with Crippen molar-refractivity contribution in [2.75, 3.05) is 0 Å². The summed E-state index contributed by atoms with van der Waals surface area (Å²) in [5.74, 6) is 0. The molecule has 9 rings (SSSR count). The number of aromatic nitrogens is 1. The fourth-order valence-electron chi connectivity index (χ4n) is 6.63. The highest BCUT2D eigenvalue weighted by molar-refractivity contribution is 6.38. The maximum atomic E-state index is 2.54. The van der Waals surface area contributed by atoms with Gasteiger partial charge in [0, 0.05) is 32.3 Å². The number of fused-ring (bicyclic) bond motifs is 5. The van der Waals surface area contributed by atoms with E-state index in [9.17, 15) is 0 Å². The zero-order valence-electron chi connectivity index (χ0n) is 18.9. The maximum absolute atomic E-state index is 2.54. The van der Waals surface area contributed by atoms with Gasteiger partial charge in [0.1, 0.15) is 0 Å². The quantitative estimate of drug-likeness (QED) is 0.252. The van der Waals surface area contributed by atoms with Crippen molar-refractivity contribution < 1.29 is 0 Å². The Morgan fingerprint density at radius 1 is 0.371 bits per heavy atom. The van der Waals surface area contributed by atoms with Gasteiger partial charge in [-0.2, -0.15) is 0 Å². The van der Waals surface area contributed by atoms with Crippen LogP contribution in [0.5, 0.6) is 0 Å².